The Labute approximate surface area is 153 Å². The molecule has 2 aliphatic heterocycles. The average molecular weight is 355 g/mol. The summed E-state index contributed by atoms with van der Waals surface area (Å²) in [5, 5.41) is 0. The fourth-order valence-electron chi connectivity index (χ4n) is 3.92. The Hall–Kier alpha value is -2.48. The molecule has 4 rings (SSSR count). The molecule has 0 spiro atoms. The Balaban J connectivity index is 1.33. The minimum atomic E-state index is 0.213. The maximum Gasteiger partial charge on any atom is 0.236 e. The van der Waals surface area contributed by atoms with Crippen LogP contribution in [0.1, 0.15) is 24.7 Å². The van der Waals surface area contributed by atoms with Crippen LogP contribution in [0.2, 0.25) is 0 Å². The van der Waals surface area contributed by atoms with E-state index in [0.717, 1.165) is 57.2 Å². The van der Waals surface area contributed by atoms with Crippen LogP contribution in [-0.2, 0) is 11.8 Å². The van der Waals surface area contributed by atoms with Gasteiger partial charge < -0.3 is 14.4 Å². The lowest BCUT2D eigenvalue weighted by Crippen LogP contribution is -2.51. The molecule has 2 aromatic rings. The summed E-state index contributed by atoms with van der Waals surface area (Å²) in [5.41, 5.74) is 0. The van der Waals surface area contributed by atoms with Crippen molar-refractivity contribution in [2.24, 2.45) is 7.05 Å². The summed E-state index contributed by atoms with van der Waals surface area (Å²) in [5.74, 6) is 2.15. The molecule has 0 N–H and O–H groups in total. The number of nitrogens with zero attached hydrogens (tertiary/aromatic N) is 7. The van der Waals surface area contributed by atoms with Gasteiger partial charge in [0.2, 0.25) is 5.91 Å². The lowest BCUT2D eigenvalue weighted by atomic mass is 10.2. The third-order valence-corrected chi connectivity index (χ3v) is 5.36. The zero-order chi connectivity index (χ0) is 17.9. The number of hydrogen-bond donors (Lipinski definition) is 0. The second-order valence-electron chi connectivity index (χ2n) is 6.96. The highest BCUT2D eigenvalue weighted by atomic mass is 16.2. The Morgan fingerprint density at radius 2 is 1.96 bits per heavy atom. The van der Waals surface area contributed by atoms with Gasteiger partial charge in [0, 0.05) is 58.0 Å². The van der Waals surface area contributed by atoms with E-state index in [1.807, 2.05) is 24.3 Å². The summed E-state index contributed by atoms with van der Waals surface area (Å²) in [7, 11) is 2.02. The predicted molar refractivity (Wildman–Crippen MR) is 97.6 cm³/mol. The van der Waals surface area contributed by atoms with Gasteiger partial charge in [-0.1, -0.05) is 0 Å². The standard InChI is InChI=1S/C18H25N7O/c1-22-8-6-21-18(22)15-3-2-7-25(15)14-17(26)24-11-9-23(10-12-24)16-13-19-4-5-20-16/h4-6,8,13,15H,2-3,7,9-12,14H2,1H3. The molecule has 0 radical (unpaired) electrons. The summed E-state index contributed by atoms with van der Waals surface area (Å²) < 4.78 is 2.06. The smallest absolute Gasteiger partial charge is 0.236 e. The van der Waals surface area contributed by atoms with Crippen LogP contribution in [0.25, 0.3) is 0 Å². The first kappa shape index (κ1) is 17.0. The fourth-order valence-corrected chi connectivity index (χ4v) is 3.92. The summed E-state index contributed by atoms with van der Waals surface area (Å²) >= 11 is 0. The molecule has 26 heavy (non-hydrogen) atoms. The Kier molecular flexibility index (Phi) is 4.83. The summed E-state index contributed by atoms with van der Waals surface area (Å²) in [6.07, 6.45) is 11.1. The van der Waals surface area contributed by atoms with Crippen molar-refractivity contribution in [2.75, 3.05) is 44.2 Å². The fraction of sp³-hybridized carbons (Fsp3) is 0.556. The third-order valence-electron chi connectivity index (χ3n) is 5.36. The number of anilines is 1. The van der Waals surface area contributed by atoms with Crippen molar-refractivity contribution in [1.29, 1.82) is 0 Å². The number of imidazole rings is 1. The number of carbonyl (C=O) groups excluding carboxylic acids is 1. The summed E-state index contributed by atoms with van der Waals surface area (Å²) in [6, 6.07) is 0.250. The molecule has 2 fully saturated rings. The van der Waals surface area contributed by atoms with Gasteiger partial charge in [0.1, 0.15) is 11.6 Å². The van der Waals surface area contributed by atoms with E-state index in [1.54, 1.807) is 18.6 Å². The first-order chi connectivity index (χ1) is 12.7. The quantitative estimate of drug-likeness (QED) is 0.804. The highest BCUT2D eigenvalue weighted by Gasteiger charge is 2.32. The number of hydrogen-bond acceptors (Lipinski definition) is 6. The molecule has 4 heterocycles. The minimum absolute atomic E-state index is 0.213. The van der Waals surface area contributed by atoms with E-state index in [1.165, 1.54) is 0 Å². The minimum Gasteiger partial charge on any atom is -0.352 e. The first-order valence-electron chi connectivity index (χ1n) is 9.22. The van der Waals surface area contributed by atoms with Crippen molar-refractivity contribution < 1.29 is 4.79 Å². The normalized spacial score (nSPS) is 21.3. The molecular weight excluding hydrogens is 330 g/mol. The average Bonchev–Trinajstić information content (AvgIpc) is 3.31. The van der Waals surface area contributed by atoms with E-state index in [2.05, 4.69) is 29.3 Å². The number of aromatic nitrogens is 4. The van der Waals surface area contributed by atoms with Crippen molar-refractivity contribution in [1.82, 2.24) is 29.3 Å². The van der Waals surface area contributed by atoms with Gasteiger partial charge in [-0.05, 0) is 19.4 Å². The van der Waals surface area contributed by atoms with E-state index >= 15 is 0 Å². The second-order valence-corrected chi connectivity index (χ2v) is 6.96. The van der Waals surface area contributed by atoms with E-state index in [9.17, 15) is 4.79 Å². The highest BCUT2D eigenvalue weighted by Crippen LogP contribution is 2.30. The van der Waals surface area contributed by atoms with Crippen LogP contribution in [0.3, 0.4) is 0 Å². The van der Waals surface area contributed by atoms with Crippen LogP contribution in [0, 0.1) is 0 Å². The van der Waals surface area contributed by atoms with Crippen LogP contribution in [0.5, 0.6) is 0 Å². The molecule has 0 saturated carbocycles. The molecule has 1 atom stereocenters. The van der Waals surface area contributed by atoms with Crippen molar-refractivity contribution in [3.63, 3.8) is 0 Å². The van der Waals surface area contributed by atoms with E-state index in [-0.39, 0.29) is 11.9 Å². The molecule has 0 aromatic carbocycles. The van der Waals surface area contributed by atoms with Crippen LogP contribution in [-0.4, -0.2) is 74.5 Å². The summed E-state index contributed by atoms with van der Waals surface area (Å²) in [6.45, 7) is 4.50. The lowest BCUT2D eigenvalue weighted by molar-refractivity contribution is -0.133. The predicted octanol–water partition coefficient (Wildman–Crippen LogP) is 0.696. The SMILES string of the molecule is Cn1ccnc1C1CCCN1CC(=O)N1CCN(c2cnccn2)CC1. The van der Waals surface area contributed by atoms with Gasteiger partial charge in [-0.3, -0.25) is 14.7 Å². The Bertz CT molecular complexity index is 739. The number of amides is 1. The molecule has 0 aliphatic carbocycles. The van der Waals surface area contributed by atoms with Gasteiger partial charge in [-0.25, -0.2) is 9.97 Å². The molecule has 0 bridgehead atoms. The van der Waals surface area contributed by atoms with Crippen LogP contribution in [0.4, 0.5) is 5.82 Å². The van der Waals surface area contributed by atoms with E-state index in [0.29, 0.717) is 6.54 Å². The molecule has 1 amide bonds. The third kappa shape index (κ3) is 3.41. The number of aryl methyl sites for hydroxylation is 1. The molecule has 1 unspecified atom stereocenters. The van der Waals surface area contributed by atoms with Crippen molar-refractivity contribution in [2.45, 2.75) is 18.9 Å². The van der Waals surface area contributed by atoms with E-state index < -0.39 is 0 Å². The Morgan fingerprint density at radius 1 is 1.12 bits per heavy atom. The molecule has 2 saturated heterocycles. The zero-order valence-electron chi connectivity index (χ0n) is 15.2. The number of piperazine rings is 1. The molecule has 2 aromatic heterocycles. The maximum atomic E-state index is 12.8. The molecule has 8 nitrogen and oxygen atoms in total. The summed E-state index contributed by atoms with van der Waals surface area (Å²) in [4.78, 5) is 32.2. The van der Waals surface area contributed by atoms with Crippen LogP contribution in [0.15, 0.2) is 31.0 Å². The number of rotatable bonds is 4. The first-order valence-corrected chi connectivity index (χ1v) is 9.22. The monoisotopic (exact) mass is 355 g/mol. The van der Waals surface area contributed by atoms with E-state index in [4.69, 9.17) is 0 Å². The van der Waals surface area contributed by atoms with Gasteiger partial charge in [0.05, 0.1) is 18.8 Å². The van der Waals surface area contributed by atoms with Crippen LogP contribution >= 0.6 is 0 Å². The van der Waals surface area contributed by atoms with Crippen LogP contribution < -0.4 is 4.90 Å². The van der Waals surface area contributed by atoms with Gasteiger partial charge in [0.15, 0.2) is 0 Å². The zero-order valence-corrected chi connectivity index (χ0v) is 15.2. The van der Waals surface area contributed by atoms with Crippen molar-refractivity contribution in [3.8, 4) is 0 Å². The topological polar surface area (TPSA) is 70.4 Å². The lowest BCUT2D eigenvalue weighted by Gasteiger charge is -2.36. The number of likely N-dealkylation sites (tertiary alicyclic amines) is 1. The number of carbonyl (C=O) groups is 1. The molecule has 138 valence electrons. The molecular formula is C18H25N7O. The van der Waals surface area contributed by atoms with Gasteiger partial charge in [-0.2, -0.15) is 0 Å². The van der Waals surface area contributed by atoms with Gasteiger partial charge >= 0.3 is 0 Å². The highest BCUT2D eigenvalue weighted by molar-refractivity contribution is 5.78. The largest absolute Gasteiger partial charge is 0.352 e. The second kappa shape index (κ2) is 7.41. The molecule has 2 aliphatic rings. The Morgan fingerprint density at radius 3 is 2.65 bits per heavy atom. The van der Waals surface area contributed by atoms with Crippen molar-refractivity contribution in [3.05, 3.63) is 36.8 Å². The van der Waals surface area contributed by atoms with Gasteiger partial charge in [0.25, 0.3) is 0 Å². The van der Waals surface area contributed by atoms with Crippen molar-refractivity contribution >= 4 is 11.7 Å². The maximum absolute atomic E-state index is 12.8. The van der Waals surface area contributed by atoms with Gasteiger partial charge in [-0.15, -0.1) is 0 Å². The molecule has 8 heteroatoms.